The second-order valence-electron chi connectivity index (χ2n) is 5.85. The zero-order chi connectivity index (χ0) is 12.0. The van der Waals surface area contributed by atoms with E-state index in [1.54, 1.807) is 9.80 Å². The Morgan fingerprint density at radius 1 is 1.18 bits per heavy atom. The van der Waals surface area contributed by atoms with Crippen LogP contribution in [-0.4, -0.2) is 48.3 Å². The number of fused-ring (bicyclic) bond motifs is 1. The molecule has 2 saturated carbocycles. The number of hydrogen-bond acceptors (Lipinski definition) is 2. The summed E-state index contributed by atoms with van der Waals surface area (Å²) in [4.78, 5) is 27.6. The van der Waals surface area contributed by atoms with E-state index in [1.807, 2.05) is 7.05 Å². The predicted octanol–water partition coefficient (Wildman–Crippen LogP) is 0.723. The van der Waals surface area contributed by atoms with Crippen LogP contribution in [0.25, 0.3) is 0 Å². The number of amides is 2. The first-order valence-corrected chi connectivity index (χ1v) is 6.68. The van der Waals surface area contributed by atoms with Crippen molar-refractivity contribution in [1.29, 1.82) is 0 Å². The lowest BCUT2D eigenvalue weighted by Gasteiger charge is -2.23. The molecule has 3 aliphatic rings. The van der Waals surface area contributed by atoms with Crippen molar-refractivity contribution in [3.8, 4) is 0 Å². The average molecular weight is 236 g/mol. The molecule has 0 spiro atoms. The first-order valence-electron chi connectivity index (χ1n) is 6.68. The zero-order valence-corrected chi connectivity index (χ0v) is 10.4. The summed E-state index contributed by atoms with van der Waals surface area (Å²) >= 11 is 0. The van der Waals surface area contributed by atoms with Crippen LogP contribution in [0.15, 0.2) is 0 Å². The Bertz CT molecular complexity index is 345. The number of nitrogens with zero attached hydrogens (tertiary/aromatic N) is 2. The van der Waals surface area contributed by atoms with Crippen molar-refractivity contribution in [2.75, 3.05) is 26.7 Å². The normalized spacial score (nSPS) is 36.8. The molecule has 1 heterocycles. The molecular weight excluding hydrogens is 216 g/mol. The highest BCUT2D eigenvalue weighted by molar-refractivity contribution is 5.86. The van der Waals surface area contributed by atoms with E-state index in [0.29, 0.717) is 6.54 Å². The summed E-state index contributed by atoms with van der Waals surface area (Å²) in [5.41, 5.74) is 0. The Morgan fingerprint density at radius 3 is 2.59 bits per heavy atom. The lowest BCUT2D eigenvalue weighted by molar-refractivity contribution is -0.140. The van der Waals surface area contributed by atoms with Gasteiger partial charge in [0.15, 0.2) is 0 Å². The number of rotatable bonds is 1. The summed E-state index contributed by atoms with van der Waals surface area (Å²) in [5.74, 6) is 2.19. The summed E-state index contributed by atoms with van der Waals surface area (Å²) in [5, 5.41) is 0. The van der Waals surface area contributed by atoms with Gasteiger partial charge >= 0.3 is 0 Å². The van der Waals surface area contributed by atoms with Crippen molar-refractivity contribution < 1.29 is 9.59 Å². The Hall–Kier alpha value is -1.06. The number of carbonyl (C=O) groups excluding carboxylic acids is 2. The molecule has 2 aliphatic carbocycles. The second-order valence-corrected chi connectivity index (χ2v) is 5.85. The van der Waals surface area contributed by atoms with Gasteiger partial charge in [0.1, 0.15) is 0 Å². The smallest absolute Gasteiger partial charge is 0.241 e. The summed E-state index contributed by atoms with van der Waals surface area (Å²) in [6.45, 7) is 1.82. The minimum Gasteiger partial charge on any atom is -0.344 e. The van der Waals surface area contributed by atoms with E-state index < -0.39 is 0 Å². The van der Waals surface area contributed by atoms with E-state index in [9.17, 15) is 9.59 Å². The van der Waals surface area contributed by atoms with Crippen molar-refractivity contribution in [1.82, 2.24) is 9.80 Å². The van der Waals surface area contributed by atoms with Gasteiger partial charge in [-0.2, -0.15) is 0 Å². The van der Waals surface area contributed by atoms with Crippen molar-refractivity contribution in [2.45, 2.75) is 25.7 Å². The Labute approximate surface area is 102 Å². The van der Waals surface area contributed by atoms with Crippen LogP contribution in [0.3, 0.4) is 0 Å². The fourth-order valence-corrected chi connectivity index (χ4v) is 3.35. The van der Waals surface area contributed by atoms with Gasteiger partial charge in [0.25, 0.3) is 0 Å². The topological polar surface area (TPSA) is 40.6 Å². The largest absolute Gasteiger partial charge is 0.344 e. The van der Waals surface area contributed by atoms with Crippen LogP contribution in [0.4, 0.5) is 0 Å². The Kier molecular flexibility index (Phi) is 2.60. The minimum absolute atomic E-state index is 0.0824. The third-order valence-electron chi connectivity index (χ3n) is 4.58. The number of carbonyl (C=O) groups is 2. The lowest BCUT2D eigenvalue weighted by atomic mass is 10.0. The molecule has 0 aromatic rings. The van der Waals surface area contributed by atoms with E-state index >= 15 is 0 Å². The predicted molar refractivity (Wildman–Crippen MR) is 63.2 cm³/mol. The van der Waals surface area contributed by atoms with Gasteiger partial charge in [-0.05, 0) is 37.5 Å². The second kappa shape index (κ2) is 4.00. The highest BCUT2D eigenvalue weighted by Crippen LogP contribution is 2.54. The van der Waals surface area contributed by atoms with Gasteiger partial charge in [-0.3, -0.25) is 9.59 Å². The minimum atomic E-state index is 0.0824. The molecule has 94 valence electrons. The van der Waals surface area contributed by atoms with Gasteiger partial charge in [-0.15, -0.1) is 0 Å². The first kappa shape index (κ1) is 11.1. The lowest BCUT2D eigenvalue weighted by Crippen LogP contribution is -2.40. The van der Waals surface area contributed by atoms with E-state index in [0.717, 1.165) is 44.2 Å². The molecule has 0 aromatic heterocycles. The molecule has 1 aliphatic heterocycles. The molecule has 4 nitrogen and oxygen atoms in total. The molecular formula is C13H20N2O2. The number of likely N-dealkylation sites (N-methyl/N-ethyl adjacent to an activating group) is 1. The van der Waals surface area contributed by atoms with Crippen LogP contribution in [0.2, 0.25) is 0 Å². The summed E-state index contributed by atoms with van der Waals surface area (Å²) in [7, 11) is 1.82. The molecule has 4 heteroatoms. The van der Waals surface area contributed by atoms with Crippen LogP contribution in [0, 0.1) is 17.8 Å². The van der Waals surface area contributed by atoms with Gasteiger partial charge in [0.2, 0.25) is 11.8 Å². The molecule has 2 atom stereocenters. The van der Waals surface area contributed by atoms with Crippen molar-refractivity contribution in [3.05, 3.63) is 0 Å². The van der Waals surface area contributed by atoms with Crippen LogP contribution in [0.1, 0.15) is 25.7 Å². The Balaban J connectivity index is 1.62. The van der Waals surface area contributed by atoms with Gasteiger partial charge in [0.05, 0.1) is 6.54 Å². The molecule has 3 rings (SSSR count). The SMILES string of the molecule is CN1CCCN(C(=O)C2CC3CC3C2)CC1=O. The molecule has 0 bridgehead atoms. The summed E-state index contributed by atoms with van der Waals surface area (Å²) in [6, 6.07) is 0. The zero-order valence-electron chi connectivity index (χ0n) is 10.4. The van der Waals surface area contributed by atoms with E-state index in [-0.39, 0.29) is 17.7 Å². The first-order chi connectivity index (χ1) is 8.15. The molecule has 17 heavy (non-hydrogen) atoms. The third-order valence-corrected chi connectivity index (χ3v) is 4.58. The average Bonchev–Trinajstić information content (AvgIpc) is 2.97. The van der Waals surface area contributed by atoms with Gasteiger partial charge in [-0.25, -0.2) is 0 Å². The number of hydrogen-bond donors (Lipinski definition) is 0. The van der Waals surface area contributed by atoms with Crippen molar-refractivity contribution >= 4 is 11.8 Å². The quantitative estimate of drug-likeness (QED) is 0.673. The van der Waals surface area contributed by atoms with E-state index in [2.05, 4.69) is 0 Å². The molecule has 2 amide bonds. The van der Waals surface area contributed by atoms with Crippen LogP contribution >= 0.6 is 0 Å². The van der Waals surface area contributed by atoms with E-state index in [4.69, 9.17) is 0 Å². The standard InChI is InChI=1S/C13H20N2O2/c1-14-3-2-4-15(8-12(14)16)13(17)11-6-9-5-10(9)7-11/h9-11H,2-8H2,1H3. The van der Waals surface area contributed by atoms with Crippen molar-refractivity contribution in [3.63, 3.8) is 0 Å². The van der Waals surface area contributed by atoms with E-state index in [1.165, 1.54) is 6.42 Å². The monoisotopic (exact) mass is 236 g/mol. The maximum atomic E-state index is 12.3. The fraction of sp³-hybridized carbons (Fsp3) is 0.846. The molecule has 2 unspecified atom stereocenters. The van der Waals surface area contributed by atoms with Crippen molar-refractivity contribution in [2.24, 2.45) is 17.8 Å². The highest BCUT2D eigenvalue weighted by Gasteiger charge is 2.48. The van der Waals surface area contributed by atoms with Gasteiger partial charge < -0.3 is 9.80 Å². The molecule has 0 N–H and O–H groups in total. The Morgan fingerprint density at radius 2 is 1.88 bits per heavy atom. The van der Waals surface area contributed by atoms with Gasteiger partial charge in [-0.1, -0.05) is 0 Å². The molecule has 0 radical (unpaired) electrons. The molecule has 0 aromatic carbocycles. The molecule has 1 saturated heterocycles. The van der Waals surface area contributed by atoms with Crippen LogP contribution in [-0.2, 0) is 9.59 Å². The summed E-state index contributed by atoms with van der Waals surface area (Å²) < 4.78 is 0. The summed E-state index contributed by atoms with van der Waals surface area (Å²) in [6.07, 6.45) is 4.40. The van der Waals surface area contributed by atoms with Crippen LogP contribution in [0.5, 0.6) is 0 Å². The third kappa shape index (κ3) is 2.05. The maximum absolute atomic E-state index is 12.3. The maximum Gasteiger partial charge on any atom is 0.241 e. The van der Waals surface area contributed by atoms with Crippen LogP contribution < -0.4 is 0 Å². The highest BCUT2D eigenvalue weighted by atomic mass is 16.2. The fourth-order valence-electron chi connectivity index (χ4n) is 3.35. The van der Waals surface area contributed by atoms with Gasteiger partial charge in [0, 0.05) is 26.1 Å². The molecule has 3 fully saturated rings.